The van der Waals surface area contributed by atoms with E-state index in [0.717, 1.165) is 6.20 Å². The molecule has 0 spiro atoms. The molecule has 0 radical (unpaired) electrons. The van der Waals surface area contributed by atoms with Gasteiger partial charge in [-0.3, -0.25) is 0 Å². The molecule has 0 aromatic heterocycles. The highest BCUT2D eigenvalue weighted by Gasteiger charge is 1.95. The van der Waals surface area contributed by atoms with Gasteiger partial charge in [-0.25, -0.2) is 0 Å². The molecule has 0 saturated carbocycles. The highest BCUT2D eigenvalue weighted by atomic mass is 16.3. The number of hydrogen-bond acceptors (Lipinski definition) is 2. The predicted molar refractivity (Wildman–Crippen MR) is 35.2 cm³/mol. The molecular weight excluding hydrogens is 116 g/mol. The molecule has 48 valence electrons. The zero-order valence-corrected chi connectivity index (χ0v) is 5.12. The average Bonchev–Trinajstić information content (AvgIpc) is 1.85. The number of hydrogen-bond donors (Lipinski definition) is 1. The lowest BCUT2D eigenvalue weighted by Crippen LogP contribution is -1.76. The molecule has 9 heavy (non-hydrogen) atoms. The molecule has 3 nitrogen and oxygen atoms in total. The first-order valence-electron chi connectivity index (χ1n) is 2.64. The van der Waals surface area contributed by atoms with E-state index in [1.807, 2.05) is 0 Å². The van der Waals surface area contributed by atoms with Crippen LogP contribution in [0.15, 0.2) is 24.6 Å². The first kappa shape index (κ1) is 7.70. The van der Waals surface area contributed by atoms with Gasteiger partial charge >= 0.3 is 6.20 Å². The van der Waals surface area contributed by atoms with Gasteiger partial charge in [0.15, 0.2) is 10.7 Å². The van der Waals surface area contributed by atoms with Crippen molar-refractivity contribution in [3.8, 4) is 0 Å². The van der Waals surface area contributed by atoms with Crippen LogP contribution in [0.3, 0.4) is 0 Å². The van der Waals surface area contributed by atoms with Crippen LogP contribution >= 0.6 is 0 Å². The molecule has 0 fully saturated rings. The Bertz CT molecular complexity index is 155. The highest BCUT2D eigenvalue weighted by molar-refractivity contribution is 4.96. The van der Waals surface area contributed by atoms with Crippen LogP contribution in [0.1, 0.15) is 12.8 Å². The van der Waals surface area contributed by atoms with E-state index in [1.54, 1.807) is 6.08 Å². The Labute approximate surface area is 53.9 Å². The number of aliphatic hydroxyl groups excluding tert-OH is 1. The highest BCUT2D eigenvalue weighted by Crippen LogP contribution is 2.00. The number of aliphatic hydroxyl groups is 1. The van der Waals surface area contributed by atoms with Crippen molar-refractivity contribution in [1.82, 2.24) is 0 Å². The molecule has 3 heteroatoms. The predicted octanol–water partition coefficient (Wildman–Crippen LogP) is 2.21. The Hall–Kier alpha value is -1.30. The quantitative estimate of drug-likeness (QED) is 0.357. The Morgan fingerprint density at radius 1 is 1.78 bits per heavy atom. The van der Waals surface area contributed by atoms with Gasteiger partial charge < -0.3 is 5.11 Å². The summed E-state index contributed by atoms with van der Waals surface area (Å²) < 4.78 is 0. The smallest absolute Gasteiger partial charge is 0.387 e. The molecule has 0 aliphatic rings. The summed E-state index contributed by atoms with van der Waals surface area (Å²) in [7, 11) is 0. The molecule has 0 atom stereocenters. The molecule has 0 aliphatic heterocycles. The number of nitrogens with zero attached hydrogens (tertiary/aromatic N) is 2. The minimum atomic E-state index is 0.0670. The maximum Gasteiger partial charge on any atom is 0.387 e. The van der Waals surface area contributed by atoms with Gasteiger partial charge in [-0.15, -0.1) is 6.58 Å². The van der Waals surface area contributed by atoms with Gasteiger partial charge in [-0.2, -0.15) is 0 Å². The van der Waals surface area contributed by atoms with Gasteiger partial charge in [-0.05, 0) is 6.42 Å². The lowest BCUT2D eigenvalue weighted by Gasteiger charge is -1.85. The van der Waals surface area contributed by atoms with E-state index >= 15 is 0 Å². The fourth-order valence-corrected chi connectivity index (χ4v) is 0.381. The topological polar surface area (TPSA) is 48.4 Å². The standard InChI is InChI=1S/C6H8N2O/c1-2-3-4-6(9)5-8-7/h2,5H,1,3-4H2/p+1/b6-5-. The third kappa shape index (κ3) is 4.56. The molecule has 0 heterocycles. The molecule has 0 aromatic rings. The van der Waals surface area contributed by atoms with Crippen molar-refractivity contribution in [1.29, 1.82) is 5.39 Å². The van der Waals surface area contributed by atoms with E-state index in [-0.39, 0.29) is 5.76 Å². The van der Waals surface area contributed by atoms with Crippen molar-refractivity contribution in [2.45, 2.75) is 12.8 Å². The monoisotopic (exact) mass is 125 g/mol. The zero-order valence-electron chi connectivity index (χ0n) is 5.12. The fraction of sp³-hybridized carbons (Fsp3) is 0.333. The Morgan fingerprint density at radius 3 is 2.89 bits per heavy atom. The van der Waals surface area contributed by atoms with Crippen LogP contribution in [0.4, 0.5) is 0 Å². The molecular formula is C6H9N2O+. The van der Waals surface area contributed by atoms with E-state index < -0.39 is 0 Å². The van der Waals surface area contributed by atoms with Crippen molar-refractivity contribution in [3.63, 3.8) is 0 Å². The van der Waals surface area contributed by atoms with Gasteiger partial charge in [0, 0.05) is 6.42 Å². The van der Waals surface area contributed by atoms with Crippen LogP contribution in [0.2, 0.25) is 0 Å². The zero-order chi connectivity index (χ0) is 7.11. The van der Waals surface area contributed by atoms with Crippen LogP contribution in [0.25, 0.3) is 4.98 Å². The SMILES string of the molecule is C=CCC/C(O)=C/[N+]#N. The van der Waals surface area contributed by atoms with Crippen molar-refractivity contribution in [2.24, 2.45) is 0 Å². The van der Waals surface area contributed by atoms with E-state index in [4.69, 9.17) is 10.5 Å². The van der Waals surface area contributed by atoms with E-state index in [9.17, 15) is 0 Å². The third-order valence-electron chi connectivity index (χ3n) is 0.811. The van der Waals surface area contributed by atoms with Crippen LogP contribution in [-0.2, 0) is 0 Å². The summed E-state index contributed by atoms with van der Waals surface area (Å²) >= 11 is 0. The average molecular weight is 125 g/mol. The largest absolute Gasteiger partial charge is 0.505 e. The Balaban J connectivity index is 3.52. The van der Waals surface area contributed by atoms with Gasteiger partial charge in [-0.1, -0.05) is 6.08 Å². The van der Waals surface area contributed by atoms with Gasteiger partial charge in [0.05, 0.1) is 0 Å². The summed E-state index contributed by atoms with van der Waals surface area (Å²) in [6.07, 6.45) is 3.86. The summed E-state index contributed by atoms with van der Waals surface area (Å²) in [5, 5.41) is 16.6. The molecule has 0 amide bonds. The third-order valence-corrected chi connectivity index (χ3v) is 0.811. The summed E-state index contributed by atoms with van der Waals surface area (Å²) in [5.74, 6) is 0.0670. The number of allylic oxidation sites excluding steroid dienone is 2. The summed E-state index contributed by atoms with van der Waals surface area (Å²) in [4.78, 5) is 2.64. The molecule has 1 N–H and O–H groups in total. The molecule has 0 aliphatic carbocycles. The second kappa shape index (κ2) is 4.85. The fourth-order valence-electron chi connectivity index (χ4n) is 0.381. The minimum Gasteiger partial charge on any atom is -0.505 e. The van der Waals surface area contributed by atoms with E-state index in [2.05, 4.69) is 11.6 Å². The second-order valence-electron chi connectivity index (χ2n) is 1.56. The summed E-state index contributed by atoms with van der Waals surface area (Å²) in [6, 6.07) is 0. The second-order valence-corrected chi connectivity index (χ2v) is 1.56. The van der Waals surface area contributed by atoms with Crippen molar-refractivity contribution >= 4 is 0 Å². The molecule has 0 bridgehead atoms. The molecule has 0 saturated heterocycles. The van der Waals surface area contributed by atoms with Crippen LogP contribution in [0.5, 0.6) is 0 Å². The summed E-state index contributed by atoms with van der Waals surface area (Å²) in [5.41, 5.74) is 0. The van der Waals surface area contributed by atoms with Crippen molar-refractivity contribution in [3.05, 3.63) is 29.6 Å². The Morgan fingerprint density at radius 2 is 2.44 bits per heavy atom. The van der Waals surface area contributed by atoms with E-state index in [1.165, 1.54) is 0 Å². The maximum absolute atomic E-state index is 8.74. The minimum absolute atomic E-state index is 0.0670. The normalized spacial score (nSPS) is 10.3. The first-order chi connectivity index (χ1) is 4.31. The molecule has 0 aromatic carbocycles. The number of diazo groups is 1. The number of rotatable bonds is 3. The van der Waals surface area contributed by atoms with Gasteiger partial charge in [0.25, 0.3) is 0 Å². The van der Waals surface area contributed by atoms with Gasteiger partial charge in [0.1, 0.15) is 0 Å². The van der Waals surface area contributed by atoms with E-state index in [0.29, 0.717) is 12.8 Å². The maximum atomic E-state index is 8.74. The van der Waals surface area contributed by atoms with Crippen LogP contribution < -0.4 is 0 Å². The Kier molecular flexibility index (Phi) is 4.15. The molecule has 0 unspecified atom stereocenters. The van der Waals surface area contributed by atoms with Crippen molar-refractivity contribution < 1.29 is 5.11 Å². The van der Waals surface area contributed by atoms with Crippen molar-refractivity contribution in [2.75, 3.05) is 0 Å². The summed E-state index contributed by atoms with van der Waals surface area (Å²) in [6.45, 7) is 3.46. The van der Waals surface area contributed by atoms with Crippen LogP contribution in [-0.4, -0.2) is 5.11 Å². The van der Waals surface area contributed by atoms with Crippen LogP contribution in [0, 0.1) is 5.39 Å². The lowest BCUT2D eigenvalue weighted by molar-refractivity contribution is 0.389. The molecule has 0 rings (SSSR count). The van der Waals surface area contributed by atoms with Gasteiger partial charge in [0.2, 0.25) is 5.39 Å². The first-order valence-corrected chi connectivity index (χ1v) is 2.64. The lowest BCUT2D eigenvalue weighted by atomic mass is 10.3.